The Morgan fingerprint density at radius 1 is 1.33 bits per heavy atom. The van der Waals surface area contributed by atoms with Crippen molar-refractivity contribution in [2.24, 2.45) is 5.92 Å². The van der Waals surface area contributed by atoms with Gasteiger partial charge in [0.15, 0.2) is 5.79 Å². The summed E-state index contributed by atoms with van der Waals surface area (Å²) in [5, 5.41) is 8.88. The molecule has 1 atom stereocenters. The summed E-state index contributed by atoms with van der Waals surface area (Å²) in [5.41, 5.74) is 0. The lowest BCUT2D eigenvalue weighted by Crippen LogP contribution is -2.63. The lowest BCUT2D eigenvalue weighted by atomic mass is 10.0. The first kappa shape index (κ1) is 12.9. The molecule has 1 aliphatic heterocycles. The van der Waals surface area contributed by atoms with Gasteiger partial charge in [0.2, 0.25) is 0 Å². The van der Waals surface area contributed by atoms with E-state index in [-0.39, 0.29) is 5.79 Å². The van der Waals surface area contributed by atoms with Crippen molar-refractivity contribution in [3.8, 4) is 0 Å². The molecule has 1 N–H and O–H groups in total. The van der Waals surface area contributed by atoms with Gasteiger partial charge in [0, 0.05) is 20.8 Å². The predicted octanol–water partition coefficient (Wildman–Crippen LogP) is 0.700. The van der Waals surface area contributed by atoms with Gasteiger partial charge in [-0.3, -0.25) is 4.90 Å². The molecule has 1 rings (SSSR count). The lowest BCUT2D eigenvalue weighted by molar-refractivity contribution is -0.275. The molecule has 15 heavy (non-hydrogen) atoms. The highest BCUT2D eigenvalue weighted by Gasteiger charge is 2.43. The summed E-state index contributed by atoms with van der Waals surface area (Å²) in [6.45, 7) is 5.14. The third kappa shape index (κ3) is 3.41. The van der Waals surface area contributed by atoms with Crippen LogP contribution >= 0.6 is 0 Å². The zero-order chi connectivity index (χ0) is 11.3. The molecule has 0 aromatic rings. The van der Waals surface area contributed by atoms with Crippen molar-refractivity contribution in [1.29, 1.82) is 0 Å². The average Bonchev–Trinajstić information content (AvgIpc) is 2.21. The van der Waals surface area contributed by atoms with E-state index in [2.05, 4.69) is 11.8 Å². The van der Waals surface area contributed by atoms with Crippen LogP contribution in [0.15, 0.2) is 0 Å². The normalized spacial score (nSPS) is 22.4. The minimum atomic E-state index is -0.359. The molecule has 4 heteroatoms. The second-order valence-electron chi connectivity index (χ2n) is 4.46. The highest BCUT2D eigenvalue weighted by atomic mass is 16.7. The molecule has 0 aliphatic carbocycles. The van der Waals surface area contributed by atoms with E-state index < -0.39 is 0 Å². The second-order valence-corrected chi connectivity index (χ2v) is 4.46. The third-order valence-electron chi connectivity index (χ3n) is 3.16. The second kappa shape index (κ2) is 5.80. The molecule has 1 saturated heterocycles. The molecular formula is C11H23NO3. The zero-order valence-electron chi connectivity index (χ0n) is 10.0. The van der Waals surface area contributed by atoms with E-state index >= 15 is 0 Å². The molecule has 1 fully saturated rings. The third-order valence-corrected chi connectivity index (χ3v) is 3.16. The maximum atomic E-state index is 8.88. The van der Waals surface area contributed by atoms with E-state index in [1.165, 1.54) is 0 Å². The Morgan fingerprint density at radius 2 is 1.93 bits per heavy atom. The molecule has 0 saturated carbocycles. The Morgan fingerprint density at radius 3 is 2.40 bits per heavy atom. The Kier molecular flexibility index (Phi) is 4.99. The van der Waals surface area contributed by atoms with Gasteiger partial charge >= 0.3 is 0 Å². The van der Waals surface area contributed by atoms with Gasteiger partial charge in [0.05, 0.1) is 13.1 Å². The SMILES string of the molecule is COC1(OC)CN(CCCC(C)CO)C1. The number of aliphatic hydroxyl groups is 1. The number of rotatable bonds is 7. The Hall–Kier alpha value is -0.160. The quantitative estimate of drug-likeness (QED) is 0.637. The van der Waals surface area contributed by atoms with Crippen LogP contribution in [0.1, 0.15) is 19.8 Å². The highest BCUT2D eigenvalue weighted by Crippen LogP contribution is 2.25. The fourth-order valence-corrected chi connectivity index (χ4v) is 1.89. The van der Waals surface area contributed by atoms with Crippen molar-refractivity contribution in [1.82, 2.24) is 4.90 Å². The van der Waals surface area contributed by atoms with Crippen molar-refractivity contribution >= 4 is 0 Å². The van der Waals surface area contributed by atoms with E-state index in [0.29, 0.717) is 12.5 Å². The molecular weight excluding hydrogens is 194 g/mol. The topological polar surface area (TPSA) is 41.9 Å². The van der Waals surface area contributed by atoms with E-state index in [9.17, 15) is 0 Å². The molecule has 0 aromatic carbocycles. The number of methoxy groups -OCH3 is 2. The number of likely N-dealkylation sites (tertiary alicyclic amines) is 1. The summed E-state index contributed by atoms with van der Waals surface area (Å²) >= 11 is 0. The molecule has 0 bridgehead atoms. The van der Waals surface area contributed by atoms with Gasteiger partial charge < -0.3 is 14.6 Å². The van der Waals surface area contributed by atoms with Crippen LogP contribution in [0, 0.1) is 5.92 Å². The minimum absolute atomic E-state index is 0.292. The zero-order valence-corrected chi connectivity index (χ0v) is 10.0. The number of hydrogen-bond acceptors (Lipinski definition) is 4. The molecule has 1 aliphatic rings. The summed E-state index contributed by atoms with van der Waals surface area (Å²) in [7, 11) is 3.38. The number of aliphatic hydroxyl groups excluding tert-OH is 1. The molecule has 90 valence electrons. The molecule has 0 radical (unpaired) electrons. The van der Waals surface area contributed by atoms with Gasteiger partial charge in [-0.1, -0.05) is 6.92 Å². The van der Waals surface area contributed by atoms with Crippen LogP contribution in [-0.4, -0.2) is 56.3 Å². The van der Waals surface area contributed by atoms with E-state index in [0.717, 1.165) is 32.5 Å². The van der Waals surface area contributed by atoms with Gasteiger partial charge in [-0.25, -0.2) is 0 Å². The largest absolute Gasteiger partial charge is 0.396 e. The first-order valence-electron chi connectivity index (χ1n) is 5.59. The minimum Gasteiger partial charge on any atom is -0.396 e. The van der Waals surface area contributed by atoms with Crippen molar-refractivity contribution in [2.75, 3.05) is 40.5 Å². The van der Waals surface area contributed by atoms with Crippen molar-refractivity contribution < 1.29 is 14.6 Å². The average molecular weight is 217 g/mol. The van der Waals surface area contributed by atoms with E-state index in [4.69, 9.17) is 14.6 Å². The molecule has 1 heterocycles. The van der Waals surface area contributed by atoms with Crippen molar-refractivity contribution in [2.45, 2.75) is 25.6 Å². The standard InChI is InChI=1S/C11H23NO3/c1-10(7-13)5-4-6-12-8-11(9-12,14-2)15-3/h10,13H,4-9H2,1-3H3. The molecule has 4 nitrogen and oxygen atoms in total. The fourth-order valence-electron chi connectivity index (χ4n) is 1.89. The van der Waals surface area contributed by atoms with Crippen LogP contribution in [0.25, 0.3) is 0 Å². The summed E-state index contributed by atoms with van der Waals surface area (Å²) in [4.78, 5) is 2.32. The summed E-state index contributed by atoms with van der Waals surface area (Å²) in [6, 6.07) is 0. The highest BCUT2D eigenvalue weighted by molar-refractivity contribution is 4.88. The van der Waals surface area contributed by atoms with Crippen LogP contribution < -0.4 is 0 Å². The number of hydrogen-bond donors (Lipinski definition) is 1. The first-order valence-corrected chi connectivity index (χ1v) is 5.59. The smallest absolute Gasteiger partial charge is 0.193 e. The number of ether oxygens (including phenoxy) is 2. The number of nitrogens with zero attached hydrogens (tertiary/aromatic N) is 1. The lowest BCUT2D eigenvalue weighted by Gasteiger charge is -2.47. The molecule has 0 spiro atoms. The predicted molar refractivity (Wildman–Crippen MR) is 58.7 cm³/mol. The Bertz CT molecular complexity index is 175. The van der Waals surface area contributed by atoms with Crippen LogP contribution in [0.3, 0.4) is 0 Å². The van der Waals surface area contributed by atoms with Gasteiger partial charge in [0.25, 0.3) is 0 Å². The van der Waals surface area contributed by atoms with E-state index in [1.807, 2.05) is 0 Å². The fraction of sp³-hybridized carbons (Fsp3) is 1.00. The van der Waals surface area contributed by atoms with Gasteiger partial charge in [-0.05, 0) is 25.3 Å². The Labute approximate surface area is 92.2 Å². The summed E-state index contributed by atoms with van der Waals surface area (Å²) in [5.74, 6) is 0.0589. The van der Waals surface area contributed by atoms with Crippen LogP contribution in [-0.2, 0) is 9.47 Å². The van der Waals surface area contributed by atoms with E-state index in [1.54, 1.807) is 14.2 Å². The monoisotopic (exact) mass is 217 g/mol. The first-order chi connectivity index (χ1) is 7.15. The summed E-state index contributed by atoms with van der Waals surface area (Å²) < 4.78 is 10.6. The van der Waals surface area contributed by atoms with Gasteiger partial charge in [-0.15, -0.1) is 0 Å². The van der Waals surface area contributed by atoms with Crippen LogP contribution in [0.2, 0.25) is 0 Å². The maximum absolute atomic E-state index is 8.88. The van der Waals surface area contributed by atoms with Crippen LogP contribution in [0.4, 0.5) is 0 Å². The molecule has 0 aromatic heterocycles. The maximum Gasteiger partial charge on any atom is 0.193 e. The Balaban J connectivity index is 2.07. The summed E-state index contributed by atoms with van der Waals surface area (Å²) in [6.07, 6.45) is 2.21. The van der Waals surface area contributed by atoms with Gasteiger partial charge in [-0.2, -0.15) is 0 Å². The van der Waals surface area contributed by atoms with Crippen LogP contribution in [0.5, 0.6) is 0 Å². The van der Waals surface area contributed by atoms with Crippen molar-refractivity contribution in [3.63, 3.8) is 0 Å². The molecule has 0 amide bonds. The van der Waals surface area contributed by atoms with Gasteiger partial charge in [0.1, 0.15) is 0 Å². The molecule has 1 unspecified atom stereocenters. The van der Waals surface area contributed by atoms with Crippen molar-refractivity contribution in [3.05, 3.63) is 0 Å².